The van der Waals surface area contributed by atoms with Gasteiger partial charge >= 0.3 is 0 Å². The summed E-state index contributed by atoms with van der Waals surface area (Å²) in [6.45, 7) is 1.44. The Morgan fingerprint density at radius 2 is 1.80 bits per heavy atom. The van der Waals surface area contributed by atoms with Crippen molar-refractivity contribution in [1.82, 2.24) is 0 Å². The molecular weight excluding hydrogens is 388 g/mol. The van der Waals surface area contributed by atoms with Gasteiger partial charge in [0.2, 0.25) is 5.91 Å². The molecule has 0 aliphatic heterocycles. The number of ether oxygens (including phenoxy) is 2. The number of nitrogens with two attached hydrogens (primary N) is 1. The van der Waals surface area contributed by atoms with E-state index in [1.807, 2.05) is 31.2 Å². The molecule has 164 valence electrons. The molecule has 0 saturated heterocycles. The quantitative estimate of drug-likeness (QED) is 0.369. The van der Waals surface area contributed by atoms with Crippen LogP contribution in [-0.2, 0) is 30.8 Å². The van der Waals surface area contributed by atoms with Gasteiger partial charge in [0, 0.05) is 5.56 Å². The molecule has 30 heavy (non-hydrogen) atoms. The van der Waals surface area contributed by atoms with Crippen molar-refractivity contribution >= 4 is 11.6 Å². The monoisotopic (exact) mass is 418 g/mol. The number of hydrogen-bond donors (Lipinski definition) is 5. The maximum atomic E-state index is 12.1. The van der Waals surface area contributed by atoms with Crippen LogP contribution in [0.1, 0.15) is 29.2 Å². The SMILES string of the molecule is CCOc1ccc(CCc2cc(CO)c(CO)c(OC)c2)cc1NC(=O)C(N)CO. The van der Waals surface area contributed by atoms with Crippen molar-refractivity contribution < 1.29 is 29.6 Å². The number of carbonyl (C=O) groups is 1. The molecule has 0 aliphatic carbocycles. The summed E-state index contributed by atoms with van der Waals surface area (Å²) >= 11 is 0. The Balaban J connectivity index is 2.22. The van der Waals surface area contributed by atoms with Crippen molar-refractivity contribution in [2.45, 2.75) is 39.0 Å². The summed E-state index contributed by atoms with van der Waals surface area (Å²) in [7, 11) is 1.53. The van der Waals surface area contributed by atoms with Gasteiger partial charge < -0.3 is 35.8 Å². The van der Waals surface area contributed by atoms with Crippen LogP contribution in [0.4, 0.5) is 5.69 Å². The normalized spacial score (nSPS) is 11.8. The third-order valence-electron chi connectivity index (χ3n) is 4.75. The zero-order valence-corrected chi connectivity index (χ0v) is 17.4. The fourth-order valence-electron chi connectivity index (χ4n) is 3.12. The van der Waals surface area contributed by atoms with Gasteiger partial charge in [-0.2, -0.15) is 0 Å². The lowest BCUT2D eigenvalue weighted by atomic mass is 9.98. The highest BCUT2D eigenvalue weighted by atomic mass is 16.5. The van der Waals surface area contributed by atoms with Crippen molar-refractivity contribution in [3.8, 4) is 11.5 Å². The minimum atomic E-state index is -1.02. The Bertz CT molecular complexity index is 831. The Hall–Kier alpha value is -2.65. The van der Waals surface area contributed by atoms with E-state index in [-0.39, 0.29) is 13.2 Å². The fourth-order valence-corrected chi connectivity index (χ4v) is 3.12. The van der Waals surface area contributed by atoms with Gasteiger partial charge in [0.1, 0.15) is 17.5 Å². The van der Waals surface area contributed by atoms with Gasteiger partial charge in [0.25, 0.3) is 0 Å². The summed E-state index contributed by atoms with van der Waals surface area (Å²) in [6, 6.07) is 8.21. The van der Waals surface area contributed by atoms with Crippen LogP contribution >= 0.6 is 0 Å². The molecule has 8 nitrogen and oxygen atoms in total. The van der Waals surface area contributed by atoms with Crippen LogP contribution in [0.25, 0.3) is 0 Å². The second-order valence-electron chi connectivity index (χ2n) is 6.79. The van der Waals surface area contributed by atoms with Gasteiger partial charge in [-0.15, -0.1) is 0 Å². The second-order valence-corrected chi connectivity index (χ2v) is 6.79. The van der Waals surface area contributed by atoms with E-state index in [1.54, 1.807) is 6.07 Å². The third-order valence-corrected chi connectivity index (χ3v) is 4.75. The third kappa shape index (κ3) is 5.93. The standard InChI is InChI=1S/C22H30N2O6/c1-3-30-20-7-6-14(9-19(20)24-22(28)18(23)13-27)4-5-15-8-16(11-25)17(12-26)21(10-15)29-2/h6-10,18,25-27H,3-5,11-13,23H2,1-2H3,(H,24,28). The van der Waals surface area contributed by atoms with Crippen LogP contribution in [0.2, 0.25) is 0 Å². The largest absolute Gasteiger partial charge is 0.496 e. The summed E-state index contributed by atoms with van der Waals surface area (Å²) in [5.41, 5.74) is 9.20. The predicted molar refractivity (Wildman–Crippen MR) is 114 cm³/mol. The molecule has 1 atom stereocenters. The maximum absolute atomic E-state index is 12.1. The Morgan fingerprint density at radius 1 is 1.07 bits per heavy atom. The molecule has 0 spiro atoms. The summed E-state index contributed by atoms with van der Waals surface area (Å²) in [5.74, 6) is 0.570. The highest BCUT2D eigenvalue weighted by Crippen LogP contribution is 2.28. The van der Waals surface area contributed by atoms with Crippen LogP contribution in [-0.4, -0.2) is 47.6 Å². The summed E-state index contributed by atoms with van der Waals surface area (Å²) in [5, 5.41) is 30.9. The zero-order chi connectivity index (χ0) is 22.1. The molecule has 2 aromatic rings. The second kappa shape index (κ2) is 11.5. The van der Waals surface area contributed by atoms with E-state index in [4.69, 9.17) is 20.3 Å². The lowest BCUT2D eigenvalue weighted by Gasteiger charge is -2.16. The summed E-state index contributed by atoms with van der Waals surface area (Å²) < 4.78 is 10.9. The van der Waals surface area contributed by atoms with Gasteiger partial charge in [-0.25, -0.2) is 0 Å². The topological polar surface area (TPSA) is 134 Å². The molecule has 0 heterocycles. The van der Waals surface area contributed by atoms with Crippen LogP contribution < -0.4 is 20.5 Å². The van der Waals surface area contributed by atoms with E-state index in [0.717, 1.165) is 11.1 Å². The van der Waals surface area contributed by atoms with E-state index in [2.05, 4.69) is 5.32 Å². The fraction of sp³-hybridized carbons (Fsp3) is 0.409. The molecule has 2 aromatic carbocycles. The van der Waals surface area contributed by atoms with E-state index in [0.29, 0.717) is 47.8 Å². The van der Waals surface area contributed by atoms with E-state index in [1.165, 1.54) is 7.11 Å². The number of carbonyl (C=O) groups excluding carboxylic acids is 1. The number of rotatable bonds is 11. The van der Waals surface area contributed by atoms with E-state index < -0.39 is 18.6 Å². The van der Waals surface area contributed by atoms with Crippen LogP contribution in [0.5, 0.6) is 11.5 Å². The van der Waals surface area contributed by atoms with Gasteiger partial charge in [0.15, 0.2) is 0 Å². The molecule has 0 saturated carbocycles. The molecule has 0 aliphatic rings. The minimum Gasteiger partial charge on any atom is -0.496 e. The summed E-state index contributed by atoms with van der Waals surface area (Å²) in [6.07, 6.45) is 1.32. The molecule has 8 heteroatoms. The van der Waals surface area contributed by atoms with Gasteiger partial charge in [-0.1, -0.05) is 12.1 Å². The molecule has 0 radical (unpaired) electrons. The van der Waals surface area contributed by atoms with Crippen molar-refractivity contribution in [3.63, 3.8) is 0 Å². The molecule has 0 aromatic heterocycles. The molecule has 0 bridgehead atoms. The van der Waals surface area contributed by atoms with Gasteiger partial charge in [-0.05, 0) is 54.7 Å². The van der Waals surface area contributed by atoms with Crippen LogP contribution in [0, 0.1) is 0 Å². The van der Waals surface area contributed by atoms with Crippen molar-refractivity contribution in [2.24, 2.45) is 5.73 Å². The minimum absolute atomic E-state index is 0.190. The van der Waals surface area contributed by atoms with Crippen molar-refractivity contribution in [3.05, 3.63) is 52.6 Å². The number of hydrogen-bond acceptors (Lipinski definition) is 7. The maximum Gasteiger partial charge on any atom is 0.243 e. The molecule has 6 N–H and O–H groups in total. The number of aliphatic hydroxyl groups excluding tert-OH is 3. The number of aryl methyl sites for hydroxylation is 2. The molecular formula is C22H30N2O6. The van der Waals surface area contributed by atoms with Gasteiger partial charge in [0.05, 0.1) is 39.2 Å². The zero-order valence-electron chi connectivity index (χ0n) is 17.4. The van der Waals surface area contributed by atoms with Crippen molar-refractivity contribution in [2.75, 3.05) is 25.6 Å². The van der Waals surface area contributed by atoms with Crippen LogP contribution in [0.15, 0.2) is 30.3 Å². The molecule has 1 unspecified atom stereocenters. The number of aliphatic hydroxyl groups is 3. The Kier molecular flexibility index (Phi) is 9.07. The first-order chi connectivity index (χ1) is 14.5. The predicted octanol–water partition coefficient (Wildman–Crippen LogP) is 1.12. The number of anilines is 1. The van der Waals surface area contributed by atoms with E-state index >= 15 is 0 Å². The molecule has 2 rings (SSSR count). The number of benzene rings is 2. The number of nitrogens with one attached hydrogen (secondary N) is 1. The van der Waals surface area contributed by atoms with Gasteiger partial charge in [-0.3, -0.25) is 4.79 Å². The lowest BCUT2D eigenvalue weighted by molar-refractivity contribution is -0.118. The molecule has 1 amide bonds. The first-order valence-electron chi connectivity index (χ1n) is 9.80. The number of methoxy groups -OCH3 is 1. The lowest BCUT2D eigenvalue weighted by Crippen LogP contribution is -2.38. The van der Waals surface area contributed by atoms with Crippen LogP contribution in [0.3, 0.4) is 0 Å². The first kappa shape index (κ1) is 23.6. The smallest absolute Gasteiger partial charge is 0.243 e. The average Bonchev–Trinajstić information content (AvgIpc) is 2.77. The van der Waals surface area contributed by atoms with Crippen molar-refractivity contribution in [1.29, 1.82) is 0 Å². The molecule has 0 fully saturated rings. The first-order valence-corrected chi connectivity index (χ1v) is 9.80. The highest BCUT2D eigenvalue weighted by Gasteiger charge is 2.16. The summed E-state index contributed by atoms with van der Waals surface area (Å²) in [4.78, 5) is 12.1. The van der Waals surface area contributed by atoms with E-state index in [9.17, 15) is 15.0 Å². The Labute approximate surface area is 176 Å². The average molecular weight is 418 g/mol. The number of amides is 1. The highest BCUT2D eigenvalue weighted by molar-refractivity contribution is 5.96. The Morgan fingerprint density at radius 3 is 2.40 bits per heavy atom.